The van der Waals surface area contributed by atoms with Crippen molar-refractivity contribution < 1.29 is 18.3 Å². The van der Waals surface area contributed by atoms with Crippen LogP contribution in [0.1, 0.15) is 31.4 Å². The molecule has 1 aliphatic heterocycles. The number of halogens is 3. The zero-order valence-electron chi connectivity index (χ0n) is 11.5. The van der Waals surface area contributed by atoms with Crippen molar-refractivity contribution >= 4 is 0 Å². The minimum absolute atomic E-state index is 0.0362. The largest absolute Gasteiger partial charge is 0.403 e. The second-order valence-corrected chi connectivity index (χ2v) is 5.45. The first-order chi connectivity index (χ1) is 9.39. The lowest BCUT2D eigenvalue weighted by Gasteiger charge is -2.38. The van der Waals surface area contributed by atoms with Crippen LogP contribution in [0.2, 0.25) is 0 Å². The standard InChI is InChI=1S/C15H20F3NO/c1-11(15(16,17)18)19-9-7-13(8-10-19)14(20)12-5-3-2-4-6-12/h2-6,11,13-14,20H,7-10H2,1H3/t11-,14+/m0/s1. The Morgan fingerprint density at radius 2 is 1.70 bits per heavy atom. The normalized spacial score (nSPS) is 21.6. The molecule has 1 aromatic carbocycles. The molecular formula is C15H20F3NO. The molecule has 0 radical (unpaired) electrons. The zero-order chi connectivity index (χ0) is 14.8. The van der Waals surface area contributed by atoms with Crippen LogP contribution < -0.4 is 0 Å². The predicted octanol–water partition coefficient (Wildman–Crippen LogP) is 3.38. The summed E-state index contributed by atoms with van der Waals surface area (Å²) in [7, 11) is 0. The SMILES string of the molecule is C[C@H](N1CCC([C@H](O)c2ccccc2)CC1)C(F)(F)F. The monoisotopic (exact) mass is 287 g/mol. The molecule has 0 amide bonds. The van der Waals surface area contributed by atoms with Crippen LogP contribution in [0.25, 0.3) is 0 Å². The summed E-state index contributed by atoms with van der Waals surface area (Å²) in [6, 6.07) is 7.91. The first kappa shape index (κ1) is 15.3. The maximum absolute atomic E-state index is 12.7. The molecule has 1 saturated heterocycles. The highest BCUT2D eigenvalue weighted by molar-refractivity contribution is 5.18. The molecule has 0 aliphatic carbocycles. The Kier molecular flexibility index (Phi) is 4.70. The molecule has 1 aromatic rings. The Morgan fingerprint density at radius 1 is 1.15 bits per heavy atom. The molecule has 0 saturated carbocycles. The molecule has 2 rings (SSSR count). The van der Waals surface area contributed by atoms with E-state index in [2.05, 4.69) is 0 Å². The lowest BCUT2D eigenvalue weighted by atomic mass is 9.87. The number of likely N-dealkylation sites (tertiary alicyclic amines) is 1. The molecule has 112 valence electrons. The number of hydrogen-bond acceptors (Lipinski definition) is 2. The van der Waals surface area contributed by atoms with Gasteiger partial charge in [0.1, 0.15) is 6.04 Å². The molecule has 1 N–H and O–H groups in total. The molecule has 1 heterocycles. The maximum atomic E-state index is 12.7. The highest BCUT2D eigenvalue weighted by Gasteiger charge is 2.41. The Balaban J connectivity index is 1.92. The van der Waals surface area contributed by atoms with Gasteiger partial charge >= 0.3 is 6.18 Å². The fraction of sp³-hybridized carbons (Fsp3) is 0.600. The van der Waals surface area contributed by atoms with Gasteiger partial charge in [0, 0.05) is 0 Å². The molecule has 2 nitrogen and oxygen atoms in total. The Labute approximate surface area is 117 Å². The topological polar surface area (TPSA) is 23.5 Å². The van der Waals surface area contributed by atoms with Gasteiger partial charge in [-0.15, -0.1) is 0 Å². The van der Waals surface area contributed by atoms with Gasteiger partial charge in [-0.1, -0.05) is 30.3 Å². The van der Waals surface area contributed by atoms with Gasteiger partial charge in [0.25, 0.3) is 0 Å². The fourth-order valence-electron chi connectivity index (χ4n) is 2.75. The minimum atomic E-state index is -4.18. The average molecular weight is 287 g/mol. The quantitative estimate of drug-likeness (QED) is 0.921. The van der Waals surface area contributed by atoms with E-state index >= 15 is 0 Å². The van der Waals surface area contributed by atoms with Crippen molar-refractivity contribution in [2.24, 2.45) is 5.92 Å². The van der Waals surface area contributed by atoms with Gasteiger partial charge in [0.15, 0.2) is 0 Å². The summed E-state index contributed by atoms with van der Waals surface area (Å²) >= 11 is 0. The van der Waals surface area contributed by atoms with E-state index in [0.717, 1.165) is 5.56 Å². The highest BCUT2D eigenvalue weighted by atomic mass is 19.4. The molecule has 2 atom stereocenters. The number of nitrogens with zero attached hydrogens (tertiary/aromatic N) is 1. The van der Waals surface area contributed by atoms with Gasteiger partial charge in [-0.3, -0.25) is 4.90 Å². The Hall–Kier alpha value is -1.07. The summed E-state index contributed by atoms with van der Waals surface area (Å²) in [5.41, 5.74) is 0.842. The number of piperidine rings is 1. The third-order valence-corrected chi connectivity index (χ3v) is 4.18. The van der Waals surface area contributed by atoms with E-state index in [1.54, 1.807) is 0 Å². The number of alkyl halides is 3. The lowest BCUT2D eigenvalue weighted by molar-refractivity contribution is -0.182. The Morgan fingerprint density at radius 3 is 2.20 bits per heavy atom. The third kappa shape index (κ3) is 3.52. The van der Waals surface area contributed by atoms with Gasteiger partial charge in [-0.2, -0.15) is 13.2 Å². The van der Waals surface area contributed by atoms with Crippen molar-refractivity contribution in [2.75, 3.05) is 13.1 Å². The van der Waals surface area contributed by atoms with Gasteiger partial charge in [-0.25, -0.2) is 0 Å². The highest BCUT2D eigenvalue weighted by Crippen LogP contribution is 2.33. The van der Waals surface area contributed by atoms with Crippen LogP contribution in [-0.2, 0) is 0 Å². The second-order valence-electron chi connectivity index (χ2n) is 5.45. The average Bonchev–Trinajstić information content (AvgIpc) is 2.46. The van der Waals surface area contributed by atoms with Crippen molar-refractivity contribution in [2.45, 2.75) is 38.1 Å². The fourth-order valence-corrected chi connectivity index (χ4v) is 2.75. The Bertz CT molecular complexity index is 413. The summed E-state index contributed by atoms with van der Waals surface area (Å²) in [6.45, 7) is 1.97. The van der Waals surface area contributed by atoms with E-state index in [1.165, 1.54) is 11.8 Å². The van der Waals surface area contributed by atoms with Gasteiger partial charge in [-0.05, 0) is 44.3 Å². The second kappa shape index (κ2) is 6.14. The van der Waals surface area contributed by atoms with E-state index in [9.17, 15) is 18.3 Å². The van der Waals surface area contributed by atoms with E-state index in [-0.39, 0.29) is 5.92 Å². The summed E-state index contributed by atoms with van der Waals surface area (Å²) in [6.07, 6.45) is -3.57. The number of rotatable bonds is 3. The smallest absolute Gasteiger partial charge is 0.388 e. The van der Waals surface area contributed by atoms with E-state index in [1.807, 2.05) is 30.3 Å². The molecule has 1 fully saturated rings. The van der Waals surface area contributed by atoms with Crippen molar-refractivity contribution in [1.82, 2.24) is 4.90 Å². The minimum Gasteiger partial charge on any atom is -0.388 e. The van der Waals surface area contributed by atoms with Crippen LogP contribution in [0.5, 0.6) is 0 Å². The number of benzene rings is 1. The van der Waals surface area contributed by atoms with Gasteiger partial charge < -0.3 is 5.11 Å². The molecule has 0 unspecified atom stereocenters. The van der Waals surface area contributed by atoms with E-state index < -0.39 is 18.3 Å². The van der Waals surface area contributed by atoms with Crippen LogP contribution in [0, 0.1) is 5.92 Å². The molecule has 0 bridgehead atoms. The van der Waals surface area contributed by atoms with Crippen molar-refractivity contribution in [1.29, 1.82) is 0 Å². The first-order valence-electron chi connectivity index (χ1n) is 6.93. The number of aliphatic hydroxyl groups excluding tert-OH is 1. The first-order valence-corrected chi connectivity index (χ1v) is 6.93. The molecule has 20 heavy (non-hydrogen) atoms. The lowest BCUT2D eigenvalue weighted by Crippen LogP contribution is -2.47. The molecule has 1 aliphatic rings. The van der Waals surface area contributed by atoms with E-state index in [0.29, 0.717) is 25.9 Å². The van der Waals surface area contributed by atoms with Crippen molar-refractivity contribution in [3.05, 3.63) is 35.9 Å². The zero-order valence-corrected chi connectivity index (χ0v) is 11.5. The number of aliphatic hydroxyl groups is 1. The van der Waals surface area contributed by atoms with Crippen LogP contribution in [0.15, 0.2) is 30.3 Å². The third-order valence-electron chi connectivity index (χ3n) is 4.18. The molecule has 0 aromatic heterocycles. The van der Waals surface area contributed by atoms with E-state index in [4.69, 9.17) is 0 Å². The van der Waals surface area contributed by atoms with Crippen molar-refractivity contribution in [3.8, 4) is 0 Å². The molecular weight excluding hydrogens is 267 g/mol. The van der Waals surface area contributed by atoms with Crippen molar-refractivity contribution in [3.63, 3.8) is 0 Å². The van der Waals surface area contributed by atoms with Crippen LogP contribution in [-0.4, -0.2) is 35.3 Å². The van der Waals surface area contributed by atoms with Gasteiger partial charge in [0.2, 0.25) is 0 Å². The van der Waals surface area contributed by atoms with Crippen LogP contribution >= 0.6 is 0 Å². The number of hydrogen-bond donors (Lipinski definition) is 1. The summed E-state index contributed by atoms with van der Waals surface area (Å²) in [5.74, 6) is 0.0362. The maximum Gasteiger partial charge on any atom is 0.403 e. The summed E-state index contributed by atoms with van der Waals surface area (Å²) in [5, 5.41) is 10.3. The summed E-state index contributed by atoms with van der Waals surface area (Å²) in [4.78, 5) is 1.45. The van der Waals surface area contributed by atoms with Crippen LogP contribution in [0.3, 0.4) is 0 Å². The molecule has 0 spiro atoms. The predicted molar refractivity (Wildman–Crippen MR) is 71.2 cm³/mol. The van der Waals surface area contributed by atoms with Gasteiger partial charge in [0.05, 0.1) is 6.10 Å². The summed E-state index contributed by atoms with van der Waals surface area (Å²) < 4.78 is 38.0. The van der Waals surface area contributed by atoms with Crippen LogP contribution in [0.4, 0.5) is 13.2 Å². The molecule has 5 heteroatoms.